The molecule has 0 aromatic carbocycles. The van der Waals surface area contributed by atoms with E-state index in [1.807, 2.05) is 0 Å². The molecule has 0 N–H and O–H groups in total. The van der Waals surface area contributed by atoms with Gasteiger partial charge in [-0.1, -0.05) is 13.3 Å². The molecule has 0 unspecified atom stereocenters. The van der Waals surface area contributed by atoms with E-state index < -0.39 is 0 Å². The molecule has 2 heteroatoms. The maximum absolute atomic E-state index is 6.13. The van der Waals surface area contributed by atoms with Gasteiger partial charge >= 0.3 is 0 Å². The van der Waals surface area contributed by atoms with Crippen LogP contribution in [0, 0.1) is 11.8 Å². The van der Waals surface area contributed by atoms with Crippen molar-refractivity contribution in [1.82, 2.24) is 4.90 Å². The molecule has 0 amide bonds. The Morgan fingerprint density at radius 2 is 1.94 bits per heavy atom. The molecule has 1 aliphatic carbocycles. The molecule has 3 rings (SSSR count). The van der Waals surface area contributed by atoms with Gasteiger partial charge in [0.05, 0.1) is 12.2 Å². The fourth-order valence-corrected chi connectivity index (χ4v) is 3.36. The highest BCUT2D eigenvalue weighted by Crippen LogP contribution is 2.40. The summed E-state index contributed by atoms with van der Waals surface area (Å²) in [6.07, 6.45) is 8.17. The Kier molecular flexibility index (Phi) is 2.97. The van der Waals surface area contributed by atoms with Crippen molar-refractivity contribution >= 4 is 0 Å². The molecule has 0 aromatic rings. The summed E-state index contributed by atoms with van der Waals surface area (Å²) in [5.41, 5.74) is 0.292. The summed E-state index contributed by atoms with van der Waals surface area (Å²) in [7, 11) is 0. The molecule has 2 saturated heterocycles. The first-order valence-corrected chi connectivity index (χ1v) is 7.16. The minimum absolute atomic E-state index is 0.292. The first-order valence-electron chi connectivity index (χ1n) is 7.16. The molecule has 0 aromatic heterocycles. The second kappa shape index (κ2) is 4.30. The molecule has 1 spiro atoms. The van der Waals surface area contributed by atoms with Crippen LogP contribution in [0.25, 0.3) is 0 Å². The fourth-order valence-electron chi connectivity index (χ4n) is 3.36. The summed E-state index contributed by atoms with van der Waals surface area (Å²) >= 11 is 0. The first-order chi connectivity index (χ1) is 7.80. The van der Waals surface area contributed by atoms with Crippen LogP contribution >= 0.6 is 0 Å². The number of hydrogen-bond donors (Lipinski definition) is 0. The maximum Gasteiger partial charge on any atom is 0.0710 e. The molecular weight excluding hydrogens is 198 g/mol. The number of ether oxygens (including phenoxy) is 1. The lowest BCUT2D eigenvalue weighted by atomic mass is 9.84. The Morgan fingerprint density at radius 1 is 1.19 bits per heavy atom. The lowest BCUT2D eigenvalue weighted by Gasteiger charge is -2.38. The Balaban J connectivity index is 1.49. The quantitative estimate of drug-likeness (QED) is 0.729. The van der Waals surface area contributed by atoms with Crippen LogP contribution in [0.15, 0.2) is 0 Å². The van der Waals surface area contributed by atoms with E-state index in [1.54, 1.807) is 0 Å². The van der Waals surface area contributed by atoms with Gasteiger partial charge in [0.15, 0.2) is 0 Å². The molecule has 2 heterocycles. The van der Waals surface area contributed by atoms with Gasteiger partial charge in [0.25, 0.3) is 0 Å². The number of piperidine rings is 1. The number of likely N-dealkylation sites (tertiary alicyclic amines) is 1. The van der Waals surface area contributed by atoms with Crippen LogP contribution in [-0.2, 0) is 4.74 Å². The van der Waals surface area contributed by atoms with E-state index >= 15 is 0 Å². The van der Waals surface area contributed by atoms with Crippen LogP contribution in [-0.4, -0.2) is 36.7 Å². The van der Waals surface area contributed by atoms with Crippen molar-refractivity contribution in [3.05, 3.63) is 0 Å². The zero-order chi connectivity index (χ0) is 11.0. The number of rotatable bonds is 3. The van der Waals surface area contributed by atoms with Crippen molar-refractivity contribution in [2.24, 2.45) is 11.8 Å². The van der Waals surface area contributed by atoms with Crippen molar-refractivity contribution in [2.75, 3.05) is 26.2 Å². The lowest BCUT2D eigenvalue weighted by Crippen LogP contribution is -2.44. The highest BCUT2D eigenvalue weighted by atomic mass is 16.5. The normalized spacial score (nSPS) is 34.7. The summed E-state index contributed by atoms with van der Waals surface area (Å²) in [5, 5.41) is 0. The molecule has 3 fully saturated rings. The minimum Gasteiger partial charge on any atom is -0.375 e. The highest BCUT2D eigenvalue weighted by Gasteiger charge is 2.42. The van der Waals surface area contributed by atoms with E-state index in [0.29, 0.717) is 5.60 Å². The first kappa shape index (κ1) is 11.0. The van der Waals surface area contributed by atoms with Crippen molar-refractivity contribution in [3.8, 4) is 0 Å². The molecule has 3 aliphatic rings. The van der Waals surface area contributed by atoms with Crippen molar-refractivity contribution in [1.29, 1.82) is 0 Å². The van der Waals surface area contributed by atoms with Gasteiger partial charge in [0.2, 0.25) is 0 Å². The summed E-state index contributed by atoms with van der Waals surface area (Å²) in [6, 6.07) is 0. The van der Waals surface area contributed by atoms with E-state index in [-0.39, 0.29) is 0 Å². The van der Waals surface area contributed by atoms with Crippen LogP contribution in [0.4, 0.5) is 0 Å². The number of nitrogens with zero attached hydrogens (tertiary/aromatic N) is 1. The zero-order valence-electron chi connectivity index (χ0n) is 10.6. The largest absolute Gasteiger partial charge is 0.375 e. The summed E-state index contributed by atoms with van der Waals surface area (Å²) < 4.78 is 6.13. The van der Waals surface area contributed by atoms with Gasteiger partial charge in [0.1, 0.15) is 0 Å². The predicted octanol–water partition coefficient (Wildman–Crippen LogP) is 2.68. The molecule has 1 saturated carbocycles. The average molecular weight is 223 g/mol. The van der Waals surface area contributed by atoms with Crippen molar-refractivity contribution in [2.45, 2.75) is 51.0 Å². The van der Waals surface area contributed by atoms with Crippen LogP contribution < -0.4 is 0 Å². The van der Waals surface area contributed by atoms with E-state index in [2.05, 4.69) is 11.8 Å². The molecule has 92 valence electrons. The summed E-state index contributed by atoms with van der Waals surface area (Å²) in [4.78, 5) is 2.67. The molecule has 2 nitrogen and oxygen atoms in total. The zero-order valence-corrected chi connectivity index (χ0v) is 10.6. The second-order valence-corrected chi connectivity index (χ2v) is 6.22. The van der Waals surface area contributed by atoms with Crippen molar-refractivity contribution in [3.63, 3.8) is 0 Å². The molecule has 16 heavy (non-hydrogen) atoms. The Morgan fingerprint density at radius 3 is 2.50 bits per heavy atom. The van der Waals surface area contributed by atoms with E-state index in [0.717, 1.165) is 18.4 Å². The Bertz CT molecular complexity index is 241. The van der Waals surface area contributed by atoms with Gasteiger partial charge in [0, 0.05) is 19.6 Å². The highest BCUT2D eigenvalue weighted by molar-refractivity contribution is 4.94. The molecule has 0 radical (unpaired) electrons. The SMILES string of the molecule is CC[C@@H]1COC2(CCN(CC3CC3)CC2)C1. The van der Waals surface area contributed by atoms with Gasteiger partial charge < -0.3 is 9.64 Å². The third-order valence-electron chi connectivity index (χ3n) is 4.84. The molecular formula is C14H25NO. The van der Waals surface area contributed by atoms with Crippen LogP contribution in [0.1, 0.15) is 45.4 Å². The van der Waals surface area contributed by atoms with E-state index in [9.17, 15) is 0 Å². The van der Waals surface area contributed by atoms with Gasteiger partial charge in [-0.25, -0.2) is 0 Å². The molecule has 0 bridgehead atoms. The lowest BCUT2D eigenvalue weighted by molar-refractivity contribution is -0.0442. The number of hydrogen-bond acceptors (Lipinski definition) is 2. The van der Waals surface area contributed by atoms with Crippen molar-refractivity contribution < 1.29 is 4.74 Å². The summed E-state index contributed by atoms with van der Waals surface area (Å²) in [6.45, 7) is 7.27. The molecule has 1 atom stereocenters. The summed E-state index contributed by atoms with van der Waals surface area (Å²) in [5.74, 6) is 1.89. The molecule has 2 aliphatic heterocycles. The Labute approximate surface area is 99.3 Å². The van der Waals surface area contributed by atoms with Gasteiger partial charge in [-0.3, -0.25) is 0 Å². The third kappa shape index (κ3) is 2.28. The Hall–Kier alpha value is -0.0800. The van der Waals surface area contributed by atoms with Gasteiger partial charge in [-0.15, -0.1) is 0 Å². The topological polar surface area (TPSA) is 12.5 Å². The predicted molar refractivity (Wildman–Crippen MR) is 65.5 cm³/mol. The van der Waals surface area contributed by atoms with Gasteiger partial charge in [-0.2, -0.15) is 0 Å². The minimum atomic E-state index is 0.292. The average Bonchev–Trinajstić information content (AvgIpc) is 3.03. The van der Waals surface area contributed by atoms with E-state index in [1.165, 1.54) is 58.2 Å². The third-order valence-corrected chi connectivity index (χ3v) is 4.84. The van der Waals surface area contributed by atoms with Gasteiger partial charge in [-0.05, 0) is 43.9 Å². The monoisotopic (exact) mass is 223 g/mol. The second-order valence-electron chi connectivity index (χ2n) is 6.22. The van der Waals surface area contributed by atoms with Crippen LogP contribution in [0.5, 0.6) is 0 Å². The van der Waals surface area contributed by atoms with Crippen LogP contribution in [0.2, 0.25) is 0 Å². The standard InChI is InChI=1S/C14H25NO/c1-2-12-9-14(16-11-12)5-7-15(8-6-14)10-13-3-4-13/h12-13H,2-11H2,1H3/t12-/m0/s1. The van der Waals surface area contributed by atoms with E-state index in [4.69, 9.17) is 4.74 Å². The van der Waals surface area contributed by atoms with Crippen LogP contribution in [0.3, 0.4) is 0 Å². The fraction of sp³-hybridized carbons (Fsp3) is 1.00. The maximum atomic E-state index is 6.13. The smallest absolute Gasteiger partial charge is 0.0710 e.